The summed E-state index contributed by atoms with van der Waals surface area (Å²) in [5.41, 5.74) is 1.61. The predicted octanol–water partition coefficient (Wildman–Crippen LogP) is 2.41. The van der Waals surface area contributed by atoms with Crippen molar-refractivity contribution in [1.29, 1.82) is 0 Å². The van der Waals surface area contributed by atoms with Gasteiger partial charge in [-0.25, -0.2) is 9.59 Å². The topological polar surface area (TPSA) is 89.2 Å². The van der Waals surface area contributed by atoms with Crippen molar-refractivity contribution in [3.8, 4) is 0 Å². The molecular formula is C16H16N4O3. The van der Waals surface area contributed by atoms with E-state index in [1.165, 1.54) is 6.07 Å². The molecule has 0 bridgehead atoms. The van der Waals surface area contributed by atoms with E-state index in [9.17, 15) is 9.59 Å². The number of nitrogens with zero attached hydrogens (tertiary/aromatic N) is 2. The highest BCUT2D eigenvalue weighted by atomic mass is 16.4. The van der Waals surface area contributed by atoms with E-state index in [2.05, 4.69) is 15.7 Å². The van der Waals surface area contributed by atoms with Gasteiger partial charge in [0.15, 0.2) is 0 Å². The molecule has 0 saturated carbocycles. The minimum Gasteiger partial charge on any atom is -0.423 e. The Morgan fingerprint density at radius 2 is 2.13 bits per heavy atom. The monoisotopic (exact) mass is 312 g/mol. The molecule has 0 aliphatic carbocycles. The van der Waals surface area contributed by atoms with Gasteiger partial charge in [-0.2, -0.15) is 5.10 Å². The van der Waals surface area contributed by atoms with Crippen molar-refractivity contribution in [2.45, 2.75) is 13.0 Å². The second kappa shape index (κ2) is 5.96. The fourth-order valence-electron chi connectivity index (χ4n) is 2.26. The lowest BCUT2D eigenvalue weighted by molar-refractivity contribution is 0.249. The number of fused-ring (bicyclic) bond motifs is 1. The first-order chi connectivity index (χ1) is 11.0. The maximum Gasteiger partial charge on any atom is 0.336 e. The quantitative estimate of drug-likeness (QED) is 0.727. The largest absolute Gasteiger partial charge is 0.423 e. The Morgan fingerprint density at radius 1 is 1.30 bits per heavy atom. The zero-order valence-electron chi connectivity index (χ0n) is 12.7. The number of carbonyl (C=O) groups excluding carboxylic acids is 1. The van der Waals surface area contributed by atoms with E-state index in [0.29, 0.717) is 11.3 Å². The van der Waals surface area contributed by atoms with Gasteiger partial charge < -0.3 is 15.1 Å². The summed E-state index contributed by atoms with van der Waals surface area (Å²) in [4.78, 5) is 23.2. The van der Waals surface area contributed by atoms with E-state index in [1.54, 1.807) is 35.1 Å². The fraction of sp³-hybridized carbons (Fsp3) is 0.188. The first-order valence-corrected chi connectivity index (χ1v) is 7.11. The van der Waals surface area contributed by atoms with Gasteiger partial charge in [-0.3, -0.25) is 4.68 Å². The maximum absolute atomic E-state index is 12.1. The van der Waals surface area contributed by atoms with Gasteiger partial charge in [0.25, 0.3) is 0 Å². The van der Waals surface area contributed by atoms with E-state index in [-0.39, 0.29) is 12.1 Å². The molecule has 0 spiro atoms. The molecule has 7 nitrogen and oxygen atoms in total. The highest BCUT2D eigenvalue weighted by molar-refractivity contribution is 5.92. The summed E-state index contributed by atoms with van der Waals surface area (Å²) in [6.45, 7) is 1.88. The number of benzene rings is 1. The molecule has 1 unspecified atom stereocenters. The van der Waals surface area contributed by atoms with Crippen LogP contribution in [-0.2, 0) is 7.05 Å². The number of rotatable bonds is 3. The van der Waals surface area contributed by atoms with Gasteiger partial charge in [-0.1, -0.05) is 0 Å². The Kier molecular flexibility index (Phi) is 3.84. The van der Waals surface area contributed by atoms with Crippen LogP contribution in [0, 0.1) is 0 Å². The molecular weight excluding hydrogens is 296 g/mol. The summed E-state index contributed by atoms with van der Waals surface area (Å²) in [6, 6.07) is 7.59. The number of amides is 2. The second-order valence-corrected chi connectivity index (χ2v) is 5.27. The molecule has 3 aromatic rings. The molecule has 0 aliphatic rings. The number of urea groups is 1. The molecule has 0 radical (unpaired) electrons. The van der Waals surface area contributed by atoms with Crippen LogP contribution in [0.5, 0.6) is 0 Å². The summed E-state index contributed by atoms with van der Waals surface area (Å²) >= 11 is 0. The molecule has 2 heterocycles. The van der Waals surface area contributed by atoms with E-state index in [1.807, 2.05) is 20.2 Å². The van der Waals surface area contributed by atoms with Gasteiger partial charge in [0.05, 0.1) is 12.2 Å². The molecule has 0 fully saturated rings. The first-order valence-electron chi connectivity index (χ1n) is 7.11. The van der Waals surface area contributed by atoms with Crippen LogP contribution in [0.15, 0.2) is 51.9 Å². The van der Waals surface area contributed by atoms with E-state index < -0.39 is 5.63 Å². The van der Waals surface area contributed by atoms with Crippen molar-refractivity contribution in [2.75, 3.05) is 5.32 Å². The van der Waals surface area contributed by atoms with Gasteiger partial charge in [0.2, 0.25) is 0 Å². The van der Waals surface area contributed by atoms with E-state index in [0.717, 1.165) is 10.9 Å². The normalized spacial score (nSPS) is 12.1. The molecule has 7 heteroatoms. The average molecular weight is 312 g/mol. The smallest absolute Gasteiger partial charge is 0.336 e. The molecule has 0 aliphatic heterocycles. The van der Waals surface area contributed by atoms with Gasteiger partial charge in [-0.05, 0) is 31.2 Å². The average Bonchev–Trinajstić information content (AvgIpc) is 2.94. The Labute approximate surface area is 131 Å². The van der Waals surface area contributed by atoms with Crippen LogP contribution in [0.1, 0.15) is 18.5 Å². The molecule has 0 saturated heterocycles. The van der Waals surface area contributed by atoms with Crippen molar-refractivity contribution in [3.63, 3.8) is 0 Å². The van der Waals surface area contributed by atoms with Gasteiger partial charge in [-0.15, -0.1) is 0 Å². The minimum atomic E-state index is -0.402. The number of carbonyl (C=O) groups is 1. The van der Waals surface area contributed by atoms with Crippen LogP contribution in [0.2, 0.25) is 0 Å². The molecule has 2 N–H and O–H groups in total. The van der Waals surface area contributed by atoms with Gasteiger partial charge >= 0.3 is 11.7 Å². The fourth-order valence-corrected chi connectivity index (χ4v) is 2.26. The number of hydrogen-bond donors (Lipinski definition) is 2. The Balaban J connectivity index is 1.70. The SMILES string of the molecule is CC(NC(=O)Nc1ccc2oc(=O)ccc2c1)c1cnn(C)c1. The molecule has 2 amide bonds. The number of aryl methyl sites for hydroxylation is 1. The Hall–Kier alpha value is -3.09. The van der Waals surface area contributed by atoms with Crippen LogP contribution < -0.4 is 16.3 Å². The van der Waals surface area contributed by atoms with Crippen molar-refractivity contribution in [1.82, 2.24) is 15.1 Å². The van der Waals surface area contributed by atoms with Gasteiger partial charge in [0, 0.05) is 35.9 Å². The Bertz CT molecular complexity index is 913. The third-order valence-electron chi connectivity index (χ3n) is 3.45. The van der Waals surface area contributed by atoms with Crippen molar-refractivity contribution in [2.24, 2.45) is 7.05 Å². The van der Waals surface area contributed by atoms with Gasteiger partial charge in [0.1, 0.15) is 5.58 Å². The summed E-state index contributed by atoms with van der Waals surface area (Å²) in [5.74, 6) is 0. The third-order valence-corrected chi connectivity index (χ3v) is 3.45. The lowest BCUT2D eigenvalue weighted by atomic mass is 10.2. The lowest BCUT2D eigenvalue weighted by Gasteiger charge is -2.13. The van der Waals surface area contributed by atoms with Crippen LogP contribution in [0.3, 0.4) is 0 Å². The zero-order valence-corrected chi connectivity index (χ0v) is 12.7. The van der Waals surface area contributed by atoms with Crippen molar-refractivity contribution >= 4 is 22.7 Å². The Morgan fingerprint density at radius 3 is 2.87 bits per heavy atom. The molecule has 1 atom stereocenters. The zero-order chi connectivity index (χ0) is 16.4. The highest BCUT2D eigenvalue weighted by Crippen LogP contribution is 2.18. The molecule has 2 aromatic heterocycles. The first kappa shape index (κ1) is 14.8. The number of anilines is 1. The number of hydrogen-bond acceptors (Lipinski definition) is 4. The lowest BCUT2D eigenvalue weighted by Crippen LogP contribution is -2.31. The van der Waals surface area contributed by atoms with Crippen LogP contribution in [0.4, 0.5) is 10.5 Å². The predicted molar refractivity (Wildman–Crippen MR) is 86.3 cm³/mol. The van der Waals surface area contributed by atoms with Crippen molar-refractivity contribution < 1.29 is 9.21 Å². The highest BCUT2D eigenvalue weighted by Gasteiger charge is 2.11. The molecule has 1 aromatic carbocycles. The molecule has 118 valence electrons. The number of aromatic nitrogens is 2. The second-order valence-electron chi connectivity index (χ2n) is 5.27. The molecule has 3 rings (SSSR count). The third kappa shape index (κ3) is 3.39. The van der Waals surface area contributed by atoms with E-state index in [4.69, 9.17) is 4.42 Å². The van der Waals surface area contributed by atoms with E-state index >= 15 is 0 Å². The van der Waals surface area contributed by atoms with Crippen LogP contribution >= 0.6 is 0 Å². The van der Waals surface area contributed by atoms with Crippen molar-refractivity contribution in [3.05, 3.63) is 58.7 Å². The molecule has 23 heavy (non-hydrogen) atoms. The summed E-state index contributed by atoms with van der Waals surface area (Å²) in [6.07, 6.45) is 3.56. The maximum atomic E-state index is 12.1. The summed E-state index contributed by atoms with van der Waals surface area (Å²) < 4.78 is 6.74. The minimum absolute atomic E-state index is 0.165. The summed E-state index contributed by atoms with van der Waals surface area (Å²) in [5, 5.41) is 10.4. The number of nitrogens with one attached hydrogen (secondary N) is 2. The summed E-state index contributed by atoms with van der Waals surface area (Å²) in [7, 11) is 1.82. The van der Waals surface area contributed by atoms with Crippen LogP contribution in [-0.4, -0.2) is 15.8 Å². The van der Waals surface area contributed by atoms with Crippen LogP contribution in [0.25, 0.3) is 11.0 Å². The standard InChI is InChI=1S/C16H16N4O3/c1-10(12-8-17-20(2)9-12)18-16(22)19-13-4-5-14-11(7-13)3-6-15(21)23-14/h3-10H,1-2H3,(H2,18,19,22).